The molecule has 7 heteroatoms. The summed E-state index contributed by atoms with van der Waals surface area (Å²) in [5.74, 6) is -1.07. The topological polar surface area (TPSA) is 91.3 Å². The Morgan fingerprint density at radius 2 is 2.18 bits per heavy atom. The first-order chi connectivity index (χ1) is 8.04. The SMILES string of the molecule is CCNC(=O)CCNc1nc(C(=O)O)c(C)s1. The molecule has 0 saturated heterocycles. The van der Waals surface area contributed by atoms with Crippen LogP contribution in [0.5, 0.6) is 0 Å². The lowest BCUT2D eigenvalue weighted by atomic mass is 10.4. The van der Waals surface area contributed by atoms with E-state index in [2.05, 4.69) is 15.6 Å². The molecule has 0 radical (unpaired) electrons. The number of aryl methyl sites for hydroxylation is 1. The highest BCUT2D eigenvalue weighted by molar-refractivity contribution is 7.15. The highest BCUT2D eigenvalue weighted by Gasteiger charge is 2.13. The number of aromatic carboxylic acids is 1. The molecule has 94 valence electrons. The molecule has 0 unspecified atom stereocenters. The number of nitrogens with one attached hydrogen (secondary N) is 2. The number of carbonyl (C=O) groups excluding carboxylic acids is 1. The number of carboxylic acid groups (broad SMARTS) is 1. The molecule has 3 N–H and O–H groups in total. The van der Waals surface area contributed by atoms with Gasteiger partial charge in [0.25, 0.3) is 0 Å². The molecule has 0 bridgehead atoms. The molecule has 0 spiro atoms. The van der Waals surface area contributed by atoms with Gasteiger partial charge < -0.3 is 15.7 Å². The van der Waals surface area contributed by atoms with E-state index >= 15 is 0 Å². The molecule has 1 aromatic rings. The number of anilines is 1. The maximum absolute atomic E-state index is 11.2. The van der Waals surface area contributed by atoms with Gasteiger partial charge in [0.05, 0.1) is 0 Å². The van der Waals surface area contributed by atoms with E-state index in [-0.39, 0.29) is 11.6 Å². The highest BCUT2D eigenvalue weighted by Crippen LogP contribution is 2.21. The molecule has 0 aliphatic heterocycles. The van der Waals surface area contributed by atoms with Gasteiger partial charge in [-0.15, -0.1) is 11.3 Å². The van der Waals surface area contributed by atoms with Crippen LogP contribution >= 0.6 is 11.3 Å². The maximum atomic E-state index is 11.2. The molecule has 0 aliphatic carbocycles. The van der Waals surface area contributed by atoms with Gasteiger partial charge in [-0.25, -0.2) is 9.78 Å². The first kappa shape index (κ1) is 13.4. The number of hydrogen-bond donors (Lipinski definition) is 3. The fourth-order valence-corrected chi connectivity index (χ4v) is 2.07. The van der Waals surface area contributed by atoms with Gasteiger partial charge in [-0.2, -0.15) is 0 Å². The molecule has 1 heterocycles. The Balaban J connectivity index is 2.45. The standard InChI is InChI=1S/C10H15N3O3S/c1-3-11-7(14)4-5-12-10-13-8(9(15)16)6(2)17-10/h3-5H2,1-2H3,(H,11,14)(H,12,13)(H,15,16). The van der Waals surface area contributed by atoms with E-state index in [1.165, 1.54) is 11.3 Å². The minimum Gasteiger partial charge on any atom is -0.476 e. The van der Waals surface area contributed by atoms with Crippen LogP contribution in [0.4, 0.5) is 5.13 Å². The smallest absolute Gasteiger partial charge is 0.355 e. The van der Waals surface area contributed by atoms with Gasteiger partial charge in [0.15, 0.2) is 10.8 Å². The van der Waals surface area contributed by atoms with Crippen LogP contribution in [0.1, 0.15) is 28.7 Å². The van der Waals surface area contributed by atoms with Crippen molar-refractivity contribution in [3.63, 3.8) is 0 Å². The number of thiazole rings is 1. The van der Waals surface area contributed by atoms with Crippen molar-refractivity contribution >= 4 is 28.3 Å². The van der Waals surface area contributed by atoms with Crippen LogP contribution in [0.3, 0.4) is 0 Å². The van der Waals surface area contributed by atoms with Crippen molar-refractivity contribution in [3.8, 4) is 0 Å². The van der Waals surface area contributed by atoms with Gasteiger partial charge in [-0.3, -0.25) is 4.79 Å². The van der Waals surface area contributed by atoms with Crippen molar-refractivity contribution in [1.82, 2.24) is 10.3 Å². The van der Waals surface area contributed by atoms with E-state index in [4.69, 9.17) is 5.11 Å². The average Bonchev–Trinajstić information content (AvgIpc) is 2.60. The summed E-state index contributed by atoms with van der Waals surface area (Å²) in [7, 11) is 0. The largest absolute Gasteiger partial charge is 0.476 e. The van der Waals surface area contributed by atoms with Gasteiger partial charge in [0.1, 0.15) is 0 Å². The summed E-state index contributed by atoms with van der Waals surface area (Å²) in [5, 5.41) is 15.0. The molecule has 0 aliphatic rings. The summed E-state index contributed by atoms with van der Waals surface area (Å²) in [5.41, 5.74) is 0.0653. The normalized spacial score (nSPS) is 10.0. The van der Waals surface area contributed by atoms with Crippen LogP contribution in [0.25, 0.3) is 0 Å². The van der Waals surface area contributed by atoms with Gasteiger partial charge in [-0.05, 0) is 13.8 Å². The monoisotopic (exact) mass is 257 g/mol. The van der Waals surface area contributed by atoms with E-state index in [0.29, 0.717) is 29.5 Å². The van der Waals surface area contributed by atoms with Crippen LogP contribution in [-0.4, -0.2) is 35.1 Å². The van der Waals surface area contributed by atoms with Crippen molar-refractivity contribution in [2.24, 2.45) is 0 Å². The summed E-state index contributed by atoms with van der Waals surface area (Å²) >= 11 is 1.27. The molecule has 17 heavy (non-hydrogen) atoms. The van der Waals surface area contributed by atoms with Crippen LogP contribution in [0.15, 0.2) is 0 Å². The zero-order valence-corrected chi connectivity index (χ0v) is 10.6. The Labute approximate surface area is 103 Å². The van der Waals surface area contributed by atoms with E-state index in [1.54, 1.807) is 6.92 Å². The summed E-state index contributed by atoms with van der Waals surface area (Å²) in [6.07, 6.45) is 0.342. The van der Waals surface area contributed by atoms with E-state index in [0.717, 1.165) is 0 Å². The molecule has 0 saturated carbocycles. The van der Waals surface area contributed by atoms with Crippen LogP contribution < -0.4 is 10.6 Å². The lowest BCUT2D eigenvalue weighted by Crippen LogP contribution is -2.24. The second-order valence-electron chi connectivity index (χ2n) is 3.36. The lowest BCUT2D eigenvalue weighted by Gasteiger charge is -2.02. The maximum Gasteiger partial charge on any atom is 0.355 e. The second kappa shape index (κ2) is 6.19. The third kappa shape index (κ3) is 4.03. The van der Waals surface area contributed by atoms with Crippen LogP contribution in [0, 0.1) is 6.92 Å². The third-order valence-corrected chi connectivity index (χ3v) is 2.93. The molecule has 1 amide bonds. The predicted molar refractivity (Wildman–Crippen MR) is 65.6 cm³/mol. The predicted octanol–water partition coefficient (Wildman–Crippen LogP) is 1.09. The van der Waals surface area contributed by atoms with Crippen molar-refractivity contribution in [3.05, 3.63) is 10.6 Å². The lowest BCUT2D eigenvalue weighted by molar-refractivity contribution is -0.120. The number of nitrogens with zero attached hydrogens (tertiary/aromatic N) is 1. The first-order valence-corrected chi connectivity index (χ1v) is 6.07. The zero-order chi connectivity index (χ0) is 12.8. The molecule has 1 aromatic heterocycles. The number of rotatable bonds is 6. The van der Waals surface area contributed by atoms with Crippen molar-refractivity contribution in [2.45, 2.75) is 20.3 Å². The molecular weight excluding hydrogens is 242 g/mol. The average molecular weight is 257 g/mol. The van der Waals surface area contributed by atoms with E-state index in [9.17, 15) is 9.59 Å². The Bertz CT molecular complexity index is 417. The number of hydrogen-bond acceptors (Lipinski definition) is 5. The fourth-order valence-electron chi connectivity index (χ4n) is 1.24. The number of carboxylic acids is 1. The summed E-state index contributed by atoms with van der Waals surface area (Å²) in [6.45, 7) is 4.61. The Morgan fingerprint density at radius 1 is 1.47 bits per heavy atom. The second-order valence-corrected chi connectivity index (χ2v) is 4.56. The molecule has 0 fully saturated rings. The highest BCUT2D eigenvalue weighted by atomic mass is 32.1. The number of aromatic nitrogens is 1. The van der Waals surface area contributed by atoms with Crippen molar-refractivity contribution < 1.29 is 14.7 Å². The van der Waals surface area contributed by atoms with E-state index in [1.807, 2.05) is 6.92 Å². The zero-order valence-electron chi connectivity index (χ0n) is 9.74. The number of carbonyl (C=O) groups is 2. The molecule has 0 aromatic carbocycles. The minimum atomic E-state index is -1.03. The quantitative estimate of drug-likeness (QED) is 0.709. The fraction of sp³-hybridized carbons (Fsp3) is 0.500. The third-order valence-electron chi connectivity index (χ3n) is 2.00. The Morgan fingerprint density at radius 3 is 2.71 bits per heavy atom. The minimum absolute atomic E-state index is 0.0354. The van der Waals surface area contributed by atoms with E-state index < -0.39 is 5.97 Å². The Kier molecular flexibility index (Phi) is 4.89. The number of amides is 1. The summed E-state index contributed by atoms with van der Waals surface area (Å²) in [4.78, 5) is 26.5. The molecule has 6 nitrogen and oxygen atoms in total. The van der Waals surface area contributed by atoms with Gasteiger partial charge >= 0.3 is 5.97 Å². The van der Waals surface area contributed by atoms with Gasteiger partial charge in [-0.1, -0.05) is 0 Å². The van der Waals surface area contributed by atoms with Crippen molar-refractivity contribution in [2.75, 3.05) is 18.4 Å². The van der Waals surface area contributed by atoms with Crippen LogP contribution in [-0.2, 0) is 4.79 Å². The van der Waals surface area contributed by atoms with Gasteiger partial charge in [0, 0.05) is 24.4 Å². The Hall–Kier alpha value is -1.63. The molecule has 1 rings (SSSR count). The van der Waals surface area contributed by atoms with Gasteiger partial charge in [0.2, 0.25) is 5.91 Å². The summed E-state index contributed by atoms with van der Waals surface area (Å²) in [6, 6.07) is 0. The van der Waals surface area contributed by atoms with Crippen LogP contribution in [0.2, 0.25) is 0 Å². The molecular formula is C10H15N3O3S. The first-order valence-electron chi connectivity index (χ1n) is 5.26. The van der Waals surface area contributed by atoms with Crippen molar-refractivity contribution in [1.29, 1.82) is 0 Å². The molecule has 0 atom stereocenters. The summed E-state index contributed by atoms with van der Waals surface area (Å²) < 4.78 is 0.